The lowest BCUT2D eigenvalue weighted by Gasteiger charge is -2.32. The number of likely N-dealkylation sites (N-methyl/N-ethyl adjacent to an activating group) is 1. The molecule has 20 heavy (non-hydrogen) atoms. The normalized spacial score (nSPS) is 20.5. The summed E-state index contributed by atoms with van der Waals surface area (Å²) in [6, 6.07) is 7.92. The summed E-state index contributed by atoms with van der Waals surface area (Å²) in [7, 11) is 1.78. The van der Waals surface area contributed by atoms with E-state index in [2.05, 4.69) is 11.4 Å². The molecule has 0 aromatic heterocycles. The van der Waals surface area contributed by atoms with Gasteiger partial charge in [-0.25, -0.2) is 0 Å². The monoisotopic (exact) mass is 287 g/mol. The standard InChI is InChI=1S/C15H20F3NO/c1-19-13(7-4-9-15(16,17)18)14-12-6-3-2-5-11(12)8-10-20-14/h2-3,5-6,13-14,19H,4,7-10H2,1H3. The Labute approximate surface area is 117 Å². The summed E-state index contributed by atoms with van der Waals surface area (Å²) in [5.74, 6) is 0. The maximum Gasteiger partial charge on any atom is 0.389 e. The van der Waals surface area contributed by atoms with E-state index in [1.54, 1.807) is 7.05 Å². The van der Waals surface area contributed by atoms with Crippen LogP contribution >= 0.6 is 0 Å². The Bertz CT molecular complexity index is 433. The molecule has 0 bridgehead atoms. The third kappa shape index (κ3) is 3.96. The summed E-state index contributed by atoms with van der Waals surface area (Å²) in [5, 5.41) is 3.11. The molecule has 2 atom stereocenters. The minimum atomic E-state index is -4.08. The SMILES string of the molecule is CNC(CCCC(F)(F)F)C1OCCc2ccccc21. The number of benzene rings is 1. The molecule has 112 valence electrons. The third-order valence-corrected chi connectivity index (χ3v) is 3.74. The van der Waals surface area contributed by atoms with Gasteiger partial charge in [0.1, 0.15) is 0 Å². The van der Waals surface area contributed by atoms with Crippen LogP contribution in [0, 0.1) is 0 Å². The molecule has 2 nitrogen and oxygen atoms in total. The predicted molar refractivity (Wildman–Crippen MR) is 71.6 cm³/mol. The molecule has 2 rings (SSSR count). The van der Waals surface area contributed by atoms with E-state index in [4.69, 9.17) is 4.74 Å². The molecular formula is C15H20F3NO. The van der Waals surface area contributed by atoms with Crippen LogP contribution in [-0.4, -0.2) is 25.9 Å². The highest BCUT2D eigenvalue weighted by atomic mass is 19.4. The van der Waals surface area contributed by atoms with E-state index in [-0.39, 0.29) is 18.6 Å². The van der Waals surface area contributed by atoms with Crippen LogP contribution < -0.4 is 5.32 Å². The molecule has 1 aliphatic heterocycles. The van der Waals surface area contributed by atoms with E-state index in [9.17, 15) is 13.2 Å². The van der Waals surface area contributed by atoms with Gasteiger partial charge in [-0.05, 0) is 37.4 Å². The second kappa shape index (κ2) is 6.59. The van der Waals surface area contributed by atoms with Gasteiger partial charge in [-0.3, -0.25) is 0 Å². The topological polar surface area (TPSA) is 21.3 Å². The molecule has 0 amide bonds. The Morgan fingerprint density at radius 1 is 1.35 bits per heavy atom. The van der Waals surface area contributed by atoms with Crippen LogP contribution in [0.1, 0.15) is 36.5 Å². The van der Waals surface area contributed by atoms with Gasteiger partial charge >= 0.3 is 6.18 Å². The van der Waals surface area contributed by atoms with Crippen molar-refractivity contribution in [3.8, 4) is 0 Å². The van der Waals surface area contributed by atoms with E-state index in [0.717, 1.165) is 12.0 Å². The van der Waals surface area contributed by atoms with E-state index < -0.39 is 12.6 Å². The van der Waals surface area contributed by atoms with Gasteiger partial charge in [0.25, 0.3) is 0 Å². The first-order valence-corrected chi connectivity index (χ1v) is 6.94. The number of halogens is 3. The maximum absolute atomic E-state index is 12.2. The summed E-state index contributed by atoms with van der Waals surface area (Å²) in [5.41, 5.74) is 2.34. The Morgan fingerprint density at radius 2 is 2.10 bits per heavy atom. The average molecular weight is 287 g/mol. The molecule has 1 aliphatic rings. The van der Waals surface area contributed by atoms with E-state index in [1.165, 1.54) is 5.56 Å². The third-order valence-electron chi connectivity index (χ3n) is 3.74. The number of hydrogen-bond acceptors (Lipinski definition) is 2. The largest absolute Gasteiger partial charge is 0.389 e. The van der Waals surface area contributed by atoms with Gasteiger partial charge in [-0.2, -0.15) is 13.2 Å². The number of fused-ring (bicyclic) bond motifs is 1. The second-order valence-corrected chi connectivity index (χ2v) is 5.14. The number of hydrogen-bond donors (Lipinski definition) is 1. The van der Waals surface area contributed by atoms with E-state index >= 15 is 0 Å². The summed E-state index contributed by atoms with van der Waals surface area (Å²) < 4.78 is 42.5. The molecule has 0 saturated carbocycles. The first-order valence-electron chi connectivity index (χ1n) is 6.94. The van der Waals surface area contributed by atoms with Gasteiger partial charge in [-0.15, -0.1) is 0 Å². The van der Waals surface area contributed by atoms with Crippen LogP contribution in [0.15, 0.2) is 24.3 Å². The minimum absolute atomic E-state index is 0.0844. The Morgan fingerprint density at radius 3 is 2.80 bits per heavy atom. The van der Waals surface area contributed by atoms with Crippen LogP contribution in [-0.2, 0) is 11.2 Å². The van der Waals surface area contributed by atoms with Crippen molar-refractivity contribution in [1.82, 2.24) is 5.32 Å². The van der Waals surface area contributed by atoms with Crippen LogP contribution in [0.5, 0.6) is 0 Å². The molecule has 0 aliphatic carbocycles. The molecule has 0 saturated heterocycles. The highest BCUT2D eigenvalue weighted by molar-refractivity contribution is 5.31. The highest BCUT2D eigenvalue weighted by Gasteiger charge is 2.30. The number of ether oxygens (including phenoxy) is 1. The summed E-state index contributed by atoms with van der Waals surface area (Å²) >= 11 is 0. The van der Waals surface area contributed by atoms with Crippen molar-refractivity contribution in [3.63, 3.8) is 0 Å². The van der Waals surface area contributed by atoms with Crippen molar-refractivity contribution < 1.29 is 17.9 Å². The molecule has 0 fully saturated rings. The lowest BCUT2D eigenvalue weighted by Crippen LogP contribution is -2.36. The average Bonchev–Trinajstić information content (AvgIpc) is 2.42. The molecule has 0 spiro atoms. The number of alkyl halides is 3. The molecule has 0 radical (unpaired) electrons. The zero-order valence-electron chi connectivity index (χ0n) is 11.5. The van der Waals surface area contributed by atoms with Gasteiger partial charge < -0.3 is 10.1 Å². The van der Waals surface area contributed by atoms with E-state index in [1.807, 2.05) is 18.2 Å². The molecule has 1 aromatic rings. The van der Waals surface area contributed by atoms with Crippen LogP contribution in [0.2, 0.25) is 0 Å². The summed E-state index contributed by atoms with van der Waals surface area (Å²) in [4.78, 5) is 0. The molecule has 2 unspecified atom stereocenters. The summed E-state index contributed by atoms with van der Waals surface area (Å²) in [6.45, 7) is 0.624. The van der Waals surface area contributed by atoms with Crippen molar-refractivity contribution >= 4 is 0 Å². The zero-order valence-corrected chi connectivity index (χ0v) is 11.5. The molecule has 1 heterocycles. The van der Waals surface area contributed by atoms with Gasteiger partial charge in [0, 0.05) is 12.5 Å². The van der Waals surface area contributed by atoms with Crippen molar-refractivity contribution in [2.24, 2.45) is 0 Å². The smallest absolute Gasteiger partial charge is 0.372 e. The zero-order chi connectivity index (χ0) is 14.6. The Hall–Kier alpha value is -1.07. The second-order valence-electron chi connectivity index (χ2n) is 5.14. The number of rotatable bonds is 5. The van der Waals surface area contributed by atoms with Crippen LogP contribution in [0.3, 0.4) is 0 Å². The molecular weight excluding hydrogens is 267 g/mol. The summed E-state index contributed by atoms with van der Waals surface area (Å²) in [6.07, 6.45) is -3.53. The maximum atomic E-state index is 12.2. The lowest BCUT2D eigenvalue weighted by atomic mass is 9.91. The molecule has 5 heteroatoms. The predicted octanol–water partition coefficient (Wildman–Crippen LogP) is 3.62. The minimum Gasteiger partial charge on any atom is -0.372 e. The van der Waals surface area contributed by atoms with Crippen molar-refractivity contribution in [2.45, 2.75) is 44.0 Å². The Balaban J connectivity index is 2.01. The van der Waals surface area contributed by atoms with Crippen molar-refractivity contribution in [1.29, 1.82) is 0 Å². The van der Waals surface area contributed by atoms with Crippen molar-refractivity contribution in [3.05, 3.63) is 35.4 Å². The van der Waals surface area contributed by atoms with Crippen LogP contribution in [0.4, 0.5) is 13.2 Å². The van der Waals surface area contributed by atoms with Crippen LogP contribution in [0.25, 0.3) is 0 Å². The van der Waals surface area contributed by atoms with Gasteiger partial charge in [-0.1, -0.05) is 24.3 Å². The van der Waals surface area contributed by atoms with Gasteiger partial charge in [0.05, 0.1) is 12.7 Å². The first-order chi connectivity index (χ1) is 9.51. The van der Waals surface area contributed by atoms with Gasteiger partial charge in [0.2, 0.25) is 0 Å². The van der Waals surface area contributed by atoms with Crippen molar-refractivity contribution in [2.75, 3.05) is 13.7 Å². The highest BCUT2D eigenvalue weighted by Crippen LogP contribution is 2.32. The Kier molecular flexibility index (Phi) is 5.05. The van der Waals surface area contributed by atoms with E-state index in [0.29, 0.717) is 13.0 Å². The number of nitrogens with one attached hydrogen (secondary N) is 1. The fraction of sp³-hybridized carbons (Fsp3) is 0.600. The fourth-order valence-corrected chi connectivity index (χ4v) is 2.73. The fourth-order valence-electron chi connectivity index (χ4n) is 2.73. The first kappa shape index (κ1) is 15.3. The van der Waals surface area contributed by atoms with Gasteiger partial charge in [0.15, 0.2) is 0 Å². The lowest BCUT2D eigenvalue weighted by molar-refractivity contribution is -0.136. The molecule has 1 aromatic carbocycles. The molecule has 1 N–H and O–H groups in total. The quantitative estimate of drug-likeness (QED) is 0.893.